The lowest BCUT2D eigenvalue weighted by molar-refractivity contribution is -0.149. The first-order valence-corrected chi connectivity index (χ1v) is 9.73. The molecule has 1 saturated heterocycles. The Labute approximate surface area is 151 Å². The van der Waals surface area contributed by atoms with Gasteiger partial charge < -0.3 is 14.6 Å². The fourth-order valence-electron chi connectivity index (χ4n) is 3.95. The molecule has 0 unspecified atom stereocenters. The fraction of sp³-hybridized carbons (Fsp3) is 0.562. The first-order valence-electron chi connectivity index (χ1n) is 7.91. The second-order valence-corrected chi connectivity index (χ2v) is 8.80. The lowest BCUT2D eigenvalue weighted by atomic mass is 9.81. The van der Waals surface area contributed by atoms with Crippen molar-refractivity contribution in [2.75, 3.05) is 27.3 Å². The summed E-state index contributed by atoms with van der Waals surface area (Å²) >= 11 is 6.09. The van der Waals surface area contributed by atoms with Crippen LogP contribution in [0.4, 0.5) is 0 Å². The van der Waals surface area contributed by atoms with Crippen molar-refractivity contribution in [1.82, 2.24) is 4.31 Å². The van der Waals surface area contributed by atoms with Gasteiger partial charge in [-0.1, -0.05) is 18.0 Å². The number of fused-ring (bicyclic) bond motifs is 1. The van der Waals surface area contributed by atoms with E-state index in [1.165, 1.54) is 30.7 Å². The van der Waals surface area contributed by atoms with Gasteiger partial charge in [-0.15, -0.1) is 0 Å². The molecule has 25 heavy (non-hydrogen) atoms. The Hall–Kier alpha value is -1.51. The lowest BCUT2D eigenvalue weighted by Gasteiger charge is -2.23. The third-order valence-corrected chi connectivity index (χ3v) is 7.45. The van der Waals surface area contributed by atoms with Crippen LogP contribution in [0.1, 0.15) is 19.3 Å². The summed E-state index contributed by atoms with van der Waals surface area (Å²) in [7, 11) is -1.15. The molecule has 0 radical (unpaired) electrons. The van der Waals surface area contributed by atoms with Crippen LogP contribution >= 0.6 is 11.6 Å². The maximum Gasteiger partial charge on any atom is 0.311 e. The third kappa shape index (κ3) is 2.76. The van der Waals surface area contributed by atoms with Crippen molar-refractivity contribution in [1.29, 1.82) is 0 Å². The zero-order valence-electron chi connectivity index (χ0n) is 14.0. The number of rotatable bonds is 5. The van der Waals surface area contributed by atoms with Gasteiger partial charge in [-0.05, 0) is 24.8 Å². The summed E-state index contributed by atoms with van der Waals surface area (Å²) in [6.07, 6.45) is 2.03. The number of aliphatic carboxylic acids is 1. The van der Waals surface area contributed by atoms with Gasteiger partial charge >= 0.3 is 5.97 Å². The van der Waals surface area contributed by atoms with Crippen LogP contribution in [-0.2, 0) is 14.8 Å². The minimum Gasteiger partial charge on any atom is -0.495 e. The highest BCUT2D eigenvalue weighted by Crippen LogP contribution is 2.50. The van der Waals surface area contributed by atoms with Crippen LogP contribution in [0.25, 0.3) is 0 Å². The number of carboxylic acids is 1. The predicted octanol–water partition coefficient (Wildman–Crippen LogP) is 2.23. The molecule has 1 aromatic rings. The summed E-state index contributed by atoms with van der Waals surface area (Å²) in [6, 6.07) is 2.70. The first-order chi connectivity index (χ1) is 11.8. The number of carbonyl (C=O) groups is 1. The zero-order valence-corrected chi connectivity index (χ0v) is 15.6. The van der Waals surface area contributed by atoms with E-state index in [4.69, 9.17) is 21.1 Å². The van der Waals surface area contributed by atoms with Gasteiger partial charge in [-0.3, -0.25) is 4.79 Å². The highest BCUT2D eigenvalue weighted by atomic mass is 35.5. The normalized spacial score (nSPS) is 26.4. The molecule has 0 spiro atoms. The highest BCUT2D eigenvalue weighted by Gasteiger charge is 2.57. The minimum atomic E-state index is -3.94. The molecule has 3 rings (SSSR count). The lowest BCUT2D eigenvalue weighted by Crippen LogP contribution is -2.37. The zero-order chi connectivity index (χ0) is 18.4. The van der Waals surface area contributed by atoms with Crippen molar-refractivity contribution in [3.63, 3.8) is 0 Å². The third-order valence-electron chi connectivity index (χ3n) is 5.32. The van der Waals surface area contributed by atoms with E-state index in [-0.39, 0.29) is 34.7 Å². The number of hydrogen-bond donors (Lipinski definition) is 1. The van der Waals surface area contributed by atoms with Crippen molar-refractivity contribution in [3.05, 3.63) is 17.2 Å². The monoisotopic (exact) mass is 389 g/mol. The van der Waals surface area contributed by atoms with Crippen molar-refractivity contribution in [2.45, 2.75) is 24.2 Å². The molecule has 1 aromatic carbocycles. The van der Waals surface area contributed by atoms with Gasteiger partial charge in [0.25, 0.3) is 0 Å². The van der Waals surface area contributed by atoms with Crippen molar-refractivity contribution in [3.8, 4) is 11.5 Å². The Morgan fingerprint density at radius 2 is 2.00 bits per heavy atom. The van der Waals surface area contributed by atoms with Gasteiger partial charge in [0.1, 0.15) is 16.4 Å². The van der Waals surface area contributed by atoms with Gasteiger partial charge in [-0.25, -0.2) is 8.42 Å². The molecular formula is C16H20ClNO6S. The number of nitrogens with zero attached hydrogens (tertiary/aromatic N) is 1. The molecule has 0 aromatic heterocycles. The predicted molar refractivity (Wildman–Crippen MR) is 90.7 cm³/mol. The van der Waals surface area contributed by atoms with Gasteiger partial charge in [0.15, 0.2) is 0 Å². The molecule has 2 atom stereocenters. The maximum atomic E-state index is 13.1. The van der Waals surface area contributed by atoms with Gasteiger partial charge in [0.2, 0.25) is 10.0 Å². The molecule has 1 saturated carbocycles. The first kappa shape index (κ1) is 18.3. The van der Waals surface area contributed by atoms with Crippen molar-refractivity contribution < 1.29 is 27.8 Å². The largest absolute Gasteiger partial charge is 0.495 e. The van der Waals surface area contributed by atoms with E-state index in [0.717, 1.165) is 12.8 Å². The van der Waals surface area contributed by atoms with E-state index in [1.54, 1.807) is 0 Å². The smallest absolute Gasteiger partial charge is 0.311 e. The van der Waals surface area contributed by atoms with Crippen LogP contribution < -0.4 is 9.47 Å². The van der Waals surface area contributed by atoms with E-state index in [9.17, 15) is 18.3 Å². The molecule has 7 nitrogen and oxygen atoms in total. The summed E-state index contributed by atoms with van der Waals surface area (Å²) in [6.45, 7) is 0.170. The van der Waals surface area contributed by atoms with Gasteiger partial charge in [-0.2, -0.15) is 4.31 Å². The molecule has 2 fully saturated rings. The molecule has 1 heterocycles. The van der Waals surface area contributed by atoms with Crippen molar-refractivity contribution in [2.24, 2.45) is 11.3 Å². The maximum absolute atomic E-state index is 13.1. The number of methoxy groups -OCH3 is 2. The van der Waals surface area contributed by atoms with Crippen LogP contribution in [0, 0.1) is 11.3 Å². The topological polar surface area (TPSA) is 93.1 Å². The minimum absolute atomic E-state index is 0.0257. The molecule has 0 amide bonds. The highest BCUT2D eigenvalue weighted by molar-refractivity contribution is 7.89. The quantitative estimate of drug-likeness (QED) is 0.830. The second-order valence-electron chi connectivity index (χ2n) is 6.49. The average molecular weight is 390 g/mol. The van der Waals surface area contributed by atoms with E-state index in [0.29, 0.717) is 12.2 Å². The van der Waals surface area contributed by atoms with E-state index in [2.05, 4.69) is 0 Å². The number of benzene rings is 1. The summed E-state index contributed by atoms with van der Waals surface area (Å²) in [5.41, 5.74) is -0.990. The summed E-state index contributed by atoms with van der Waals surface area (Å²) in [4.78, 5) is 11.7. The van der Waals surface area contributed by atoms with E-state index in [1.807, 2.05) is 0 Å². The molecule has 1 N–H and O–H groups in total. The standard InChI is InChI=1S/C16H20ClNO6S/c1-23-12-7-13(24-2)14(6-11(12)17)25(21,22)18-8-10-4-3-5-16(10,9-18)15(19)20/h6-7,10H,3-5,8-9H2,1-2H3,(H,19,20)/t10-,16+/m0/s1. The van der Waals surface area contributed by atoms with Crippen LogP contribution in [0.5, 0.6) is 11.5 Å². The molecule has 0 bridgehead atoms. The summed E-state index contributed by atoms with van der Waals surface area (Å²) < 4.78 is 37.8. The Morgan fingerprint density at radius 1 is 1.32 bits per heavy atom. The molecule has 138 valence electrons. The van der Waals surface area contributed by atoms with Crippen molar-refractivity contribution >= 4 is 27.6 Å². The Bertz CT molecular complexity index is 811. The van der Waals surface area contributed by atoms with E-state index >= 15 is 0 Å². The van der Waals surface area contributed by atoms with Crippen LogP contribution in [0.3, 0.4) is 0 Å². The Balaban J connectivity index is 2.01. The average Bonchev–Trinajstić information content (AvgIpc) is 3.13. The number of hydrogen-bond acceptors (Lipinski definition) is 5. The van der Waals surface area contributed by atoms with Crippen LogP contribution in [0.2, 0.25) is 5.02 Å². The number of sulfonamides is 1. The number of ether oxygens (including phenoxy) is 2. The SMILES string of the molecule is COc1cc(OC)c(S(=O)(=O)N2C[C@@H]3CCC[C@@]3(C(=O)O)C2)cc1Cl. The van der Waals surface area contributed by atoms with E-state index < -0.39 is 21.4 Å². The van der Waals surface area contributed by atoms with Gasteiger partial charge in [0, 0.05) is 19.2 Å². The summed E-state index contributed by atoms with van der Waals surface area (Å²) in [5.74, 6) is -0.674. The fourth-order valence-corrected chi connectivity index (χ4v) is 5.97. The van der Waals surface area contributed by atoms with Crippen LogP contribution in [-0.4, -0.2) is 51.1 Å². The Morgan fingerprint density at radius 3 is 2.56 bits per heavy atom. The van der Waals surface area contributed by atoms with Crippen LogP contribution in [0.15, 0.2) is 17.0 Å². The number of halogens is 1. The summed E-state index contributed by atoms with van der Waals surface area (Å²) in [5, 5.41) is 9.81. The second kappa shape index (κ2) is 6.34. The molecule has 9 heteroatoms. The molecular weight excluding hydrogens is 370 g/mol. The Kier molecular flexibility index (Phi) is 4.63. The molecule has 1 aliphatic carbocycles. The number of carboxylic acid groups (broad SMARTS) is 1. The van der Waals surface area contributed by atoms with Gasteiger partial charge in [0.05, 0.1) is 24.7 Å². The molecule has 2 aliphatic rings. The molecule has 1 aliphatic heterocycles.